The minimum absolute atomic E-state index is 0.0000772. The van der Waals surface area contributed by atoms with Crippen LogP contribution in [0, 0.1) is 5.92 Å². The summed E-state index contributed by atoms with van der Waals surface area (Å²) in [6.45, 7) is 2.17. The van der Waals surface area contributed by atoms with Crippen LogP contribution < -0.4 is 0 Å². The highest BCUT2D eigenvalue weighted by molar-refractivity contribution is 5.66. The number of hydrogen-bond acceptors (Lipinski definition) is 2. The summed E-state index contributed by atoms with van der Waals surface area (Å²) in [6.07, 6.45) is 6.84. The van der Waals surface area contributed by atoms with Gasteiger partial charge in [0.05, 0.1) is 6.42 Å². The topological polar surface area (TPSA) is 57.5 Å². The number of aliphatic hydroxyl groups excluding tert-OH is 1. The molecule has 3 nitrogen and oxygen atoms in total. The van der Waals surface area contributed by atoms with E-state index in [0.717, 1.165) is 19.3 Å². The number of hydrogen-bond donors (Lipinski definition) is 2. The van der Waals surface area contributed by atoms with Gasteiger partial charge < -0.3 is 10.2 Å². The zero-order chi connectivity index (χ0) is 10.8. The zero-order valence-electron chi connectivity index (χ0n) is 9.04. The Morgan fingerprint density at radius 1 is 1.21 bits per heavy atom. The molecule has 1 atom stereocenters. The highest BCUT2D eigenvalue weighted by Crippen LogP contribution is 2.14. The maximum atomic E-state index is 10.4. The third-order valence-corrected chi connectivity index (χ3v) is 2.44. The minimum atomic E-state index is -0.808. The van der Waals surface area contributed by atoms with E-state index in [2.05, 4.69) is 6.92 Å². The Kier molecular flexibility index (Phi) is 8.64. The summed E-state index contributed by atoms with van der Waals surface area (Å²) in [5.74, 6) is -0.855. The fourth-order valence-corrected chi connectivity index (χ4v) is 1.54. The van der Waals surface area contributed by atoms with Crippen molar-refractivity contribution in [3.05, 3.63) is 0 Å². The minimum Gasteiger partial charge on any atom is -0.481 e. The Morgan fingerprint density at radius 2 is 1.86 bits per heavy atom. The maximum Gasteiger partial charge on any atom is 0.303 e. The van der Waals surface area contributed by atoms with Gasteiger partial charge in [-0.1, -0.05) is 39.0 Å². The van der Waals surface area contributed by atoms with Crippen LogP contribution in [-0.2, 0) is 4.79 Å². The Labute approximate surface area is 86.1 Å². The number of carbonyl (C=O) groups is 1. The van der Waals surface area contributed by atoms with Crippen LogP contribution in [0.2, 0.25) is 0 Å². The van der Waals surface area contributed by atoms with Gasteiger partial charge in [0.15, 0.2) is 0 Å². The number of rotatable bonds is 9. The summed E-state index contributed by atoms with van der Waals surface area (Å²) < 4.78 is 0. The molecule has 14 heavy (non-hydrogen) atoms. The largest absolute Gasteiger partial charge is 0.481 e. The Morgan fingerprint density at radius 3 is 2.36 bits per heavy atom. The first-order valence-corrected chi connectivity index (χ1v) is 5.53. The number of aliphatic hydroxyl groups is 1. The lowest BCUT2D eigenvalue weighted by molar-refractivity contribution is -0.138. The average molecular weight is 202 g/mol. The van der Waals surface area contributed by atoms with E-state index in [1.54, 1.807) is 0 Å². The van der Waals surface area contributed by atoms with E-state index in [-0.39, 0.29) is 18.9 Å². The Hall–Kier alpha value is -0.570. The molecular formula is C11H22O3. The number of carboxylic acids is 1. The van der Waals surface area contributed by atoms with E-state index in [9.17, 15) is 4.79 Å². The van der Waals surface area contributed by atoms with Crippen molar-refractivity contribution < 1.29 is 15.0 Å². The second-order valence-electron chi connectivity index (χ2n) is 3.85. The SMILES string of the molecule is CCCCCCCC(CO)CC(=O)O. The van der Waals surface area contributed by atoms with Crippen molar-refractivity contribution >= 4 is 5.97 Å². The van der Waals surface area contributed by atoms with Gasteiger partial charge in [-0.25, -0.2) is 0 Å². The van der Waals surface area contributed by atoms with Crippen molar-refractivity contribution in [3.8, 4) is 0 Å². The highest BCUT2D eigenvalue weighted by Gasteiger charge is 2.11. The van der Waals surface area contributed by atoms with Gasteiger partial charge in [0.25, 0.3) is 0 Å². The van der Waals surface area contributed by atoms with Crippen LogP contribution in [0.4, 0.5) is 0 Å². The van der Waals surface area contributed by atoms with Crippen LogP contribution in [0.25, 0.3) is 0 Å². The van der Waals surface area contributed by atoms with E-state index >= 15 is 0 Å². The van der Waals surface area contributed by atoms with Gasteiger partial charge in [-0.05, 0) is 12.3 Å². The predicted octanol–water partition coefficient (Wildman–Crippen LogP) is 2.43. The summed E-state index contributed by atoms with van der Waals surface area (Å²) >= 11 is 0. The summed E-state index contributed by atoms with van der Waals surface area (Å²) in [5, 5.41) is 17.5. The average Bonchev–Trinajstić information content (AvgIpc) is 2.15. The standard InChI is InChI=1S/C11H22O3/c1-2-3-4-5-6-7-10(9-12)8-11(13)14/h10,12H,2-9H2,1H3,(H,13,14). The van der Waals surface area contributed by atoms with Gasteiger partial charge in [-0.3, -0.25) is 4.79 Å². The number of aliphatic carboxylic acids is 1. The van der Waals surface area contributed by atoms with Gasteiger partial charge in [-0.15, -0.1) is 0 Å². The molecule has 0 spiro atoms. The predicted molar refractivity (Wildman–Crippen MR) is 56.2 cm³/mol. The number of carboxylic acid groups (broad SMARTS) is 1. The molecule has 0 rings (SSSR count). The lowest BCUT2D eigenvalue weighted by Gasteiger charge is -2.10. The molecule has 2 N–H and O–H groups in total. The second-order valence-corrected chi connectivity index (χ2v) is 3.85. The normalized spacial score (nSPS) is 12.7. The molecule has 0 saturated carbocycles. The second kappa shape index (κ2) is 9.00. The van der Waals surface area contributed by atoms with Crippen molar-refractivity contribution in [2.45, 2.75) is 51.9 Å². The zero-order valence-corrected chi connectivity index (χ0v) is 9.04. The molecule has 0 aromatic rings. The fourth-order valence-electron chi connectivity index (χ4n) is 1.54. The van der Waals surface area contributed by atoms with Gasteiger partial charge >= 0.3 is 5.97 Å². The van der Waals surface area contributed by atoms with Crippen molar-refractivity contribution in [3.63, 3.8) is 0 Å². The lowest BCUT2D eigenvalue weighted by atomic mass is 9.98. The van der Waals surface area contributed by atoms with Crippen molar-refractivity contribution in [2.24, 2.45) is 5.92 Å². The summed E-state index contributed by atoms with van der Waals surface area (Å²) in [7, 11) is 0. The van der Waals surface area contributed by atoms with Crippen LogP contribution in [0.5, 0.6) is 0 Å². The van der Waals surface area contributed by atoms with E-state index < -0.39 is 5.97 Å². The Balaban J connectivity index is 3.38. The third-order valence-electron chi connectivity index (χ3n) is 2.44. The molecule has 0 saturated heterocycles. The summed E-state index contributed by atoms with van der Waals surface area (Å²) in [6, 6.07) is 0. The fraction of sp³-hybridized carbons (Fsp3) is 0.909. The van der Waals surface area contributed by atoms with Gasteiger partial charge in [0, 0.05) is 6.61 Å². The molecule has 0 bridgehead atoms. The molecule has 0 aromatic carbocycles. The third kappa shape index (κ3) is 8.05. The van der Waals surface area contributed by atoms with Gasteiger partial charge in [0.2, 0.25) is 0 Å². The first-order valence-electron chi connectivity index (χ1n) is 5.53. The first-order chi connectivity index (χ1) is 6.70. The van der Waals surface area contributed by atoms with Crippen LogP contribution >= 0.6 is 0 Å². The highest BCUT2D eigenvalue weighted by atomic mass is 16.4. The van der Waals surface area contributed by atoms with E-state index in [1.165, 1.54) is 19.3 Å². The lowest BCUT2D eigenvalue weighted by Crippen LogP contribution is -2.11. The van der Waals surface area contributed by atoms with Crippen LogP contribution in [0.15, 0.2) is 0 Å². The quantitative estimate of drug-likeness (QED) is 0.564. The van der Waals surface area contributed by atoms with Crippen LogP contribution in [0.3, 0.4) is 0 Å². The molecule has 0 aliphatic carbocycles. The van der Waals surface area contributed by atoms with Crippen molar-refractivity contribution in [2.75, 3.05) is 6.61 Å². The molecule has 0 radical (unpaired) electrons. The van der Waals surface area contributed by atoms with Crippen LogP contribution in [-0.4, -0.2) is 22.8 Å². The Bertz CT molecular complexity index is 145. The maximum absolute atomic E-state index is 10.4. The first kappa shape index (κ1) is 13.4. The molecule has 0 heterocycles. The smallest absolute Gasteiger partial charge is 0.303 e. The summed E-state index contributed by atoms with van der Waals surface area (Å²) in [5.41, 5.74) is 0. The van der Waals surface area contributed by atoms with E-state index in [4.69, 9.17) is 10.2 Å². The molecule has 0 amide bonds. The van der Waals surface area contributed by atoms with Crippen molar-refractivity contribution in [1.82, 2.24) is 0 Å². The van der Waals surface area contributed by atoms with Gasteiger partial charge in [0.1, 0.15) is 0 Å². The molecule has 84 valence electrons. The molecule has 0 aliphatic heterocycles. The molecular weight excluding hydrogens is 180 g/mol. The molecule has 1 unspecified atom stereocenters. The number of unbranched alkanes of at least 4 members (excludes halogenated alkanes) is 4. The van der Waals surface area contributed by atoms with Crippen LogP contribution in [0.1, 0.15) is 51.9 Å². The van der Waals surface area contributed by atoms with Crippen molar-refractivity contribution in [1.29, 1.82) is 0 Å². The van der Waals surface area contributed by atoms with Gasteiger partial charge in [-0.2, -0.15) is 0 Å². The molecule has 3 heteroatoms. The summed E-state index contributed by atoms with van der Waals surface area (Å²) in [4.78, 5) is 10.4. The monoisotopic (exact) mass is 202 g/mol. The van der Waals surface area contributed by atoms with E-state index in [1.807, 2.05) is 0 Å². The molecule has 0 aliphatic rings. The van der Waals surface area contributed by atoms with E-state index in [0.29, 0.717) is 0 Å². The molecule has 0 aromatic heterocycles. The molecule has 0 fully saturated rings.